The van der Waals surface area contributed by atoms with Crippen molar-refractivity contribution in [3.63, 3.8) is 0 Å². The average Bonchev–Trinajstić information content (AvgIpc) is 2.80. The Hall–Kier alpha value is -2.92. The van der Waals surface area contributed by atoms with Gasteiger partial charge in [0.25, 0.3) is 0 Å². The summed E-state index contributed by atoms with van der Waals surface area (Å²) >= 11 is 0. The van der Waals surface area contributed by atoms with Crippen LogP contribution in [0.15, 0.2) is 54.9 Å². The molecular weight excluding hydrogens is 374 g/mol. The van der Waals surface area contributed by atoms with Gasteiger partial charge in [0, 0.05) is 37.5 Å². The first kappa shape index (κ1) is 20.4. The Morgan fingerprint density at radius 3 is 2.37 bits per heavy atom. The fourth-order valence-electron chi connectivity index (χ4n) is 4.24. The Labute approximate surface area is 178 Å². The first-order chi connectivity index (χ1) is 14.7. The minimum Gasteiger partial charge on any atom is -0.493 e. The van der Waals surface area contributed by atoms with Gasteiger partial charge in [0.05, 0.1) is 20.3 Å². The summed E-state index contributed by atoms with van der Waals surface area (Å²) in [5.41, 5.74) is 5.00. The zero-order valence-corrected chi connectivity index (χ0v) is 18.0. The topological polar surface area (TPSA) is 47.5 Å². The highest BCUT2D eigenvalue weighted by molar-refractivity contribution is 5.51. The van der Waals surface area contributed by atoms with Crippen molar-refractivity contribution in [3.8, 4) is 11.5 Å². The van der Waals surface area contributed by atoms with Crippen LogP contribution in [-0.2, 0) is 19.4 Å². The van der Waals surface area contributed by atoms with E-state index in [-0.39, 0.29) is 6.04 Å². The molecule has 1 aromatic heterocycles. The molecule has 0 unspecified atom stereocenters. The van der Waals surface area contributed by atoms with Crippen LogP contribution in [0.5, 0.6) is 11.5 Å². The van der Waals surface area contributed by atoms with E-state index in [1.54, 1.807) is 14.2 Å². The molecule has 3 aromatic rings. The predicted octanol–water partition coefficient (Wildman–Crippen LogP) is 4.59. The molecule has 2 aromatic carbocycles. The van der Waals surface area contributed by atoms with Crippen LogP contribution in [0.2, 0.25) is 0 Å². The predicted molar refractivity (Wildman–Crippen MR) is 118 cm³/mol. The van der Waals surface area contributed by atoms with E-state index in [1.807, 2.05) is 12.4 Å². The molecule has 5 heteroatoms. The largest absolute Gasteiger partial charge is 0.493 e. The first-order valence-electron chi connectivity index (χ1n) is 10.6. The van der Waals surface area contributed by atoms with Crippen LogP contribution in [0, 0.1) is 0 Å². The summed E-state index contributed by atoms with van der Waals surface area (Å²) in [5.74, 6) is 2.48. The smallest absolute Gasteiger partial charge is 0.161 e. The molecular formula is C25H29N3O2. The second-order valence-electron chi connectivity index (χ2n) is 7.70. The van der Waals surface area contributed by atoms with Gasteiger partial charge in [-0.15, -0.1) is 0 Å². The summed E-state index contributed by atoms with van der Waals surface area (Å²) < 4.78 is 11.2. The van der Waals surface area contributed by atoms with E-state index in [0.29, 0.717) is 0 Å². The number of hydrogen-bond donors (Lipinski definition) is 0. The van der Waals surface area contributed by atoms with Crippen molar-refractivity contribution in [2.75, 3.05) is 20.8 Å². The normalized spacial score (nSPS) is 16.2. The minimum atomic E-state index is 0.144. The lowest BCUT2D eigenvalue weighted by Gasteiger charge is -2.38. The van der Waals surface area contributed by atoms with Gasteiger partial charge in [0.15, 0.2) is 11.5 Å². The van der Waals surface area contributed by atoms with Crippen LogP contribution >= 0.6 is 0 Å². The first-order valence-corrected chi connectivity index (χ1v) is 10.6. The van der Waals surface area contributed by atoms with Crippen molar-refractivity contribution in [1.29, 1.82) is 0 Å². The Bertz CT molecular complexity index is 974. The van der Waals surface area contributed by atoms with Gasteiger partial charge in [-0.05, 0) is 41.7 Å². The number of aryl methyl sites for hydroxylation is 1. The SMILES string of the molecule is CCCc1ncc(CN2CCc3cc(OC)c(OC)cc3[C@H]2c2ccccc2)cn1. The second kappa shape index (κ2) is 9.26. The van der Waals surface area contributed by atoms with Gasteiger partial charge in [-0.3, -0.25) is 4.90 Å². The van der Waals surface area contributed by atoms with Crippen molar-refractivity contribution >= 4 is 0 Å². The molecule has 1 aliphatic rings. The molecule has 0 saturated carbocycles. The van der Waals surface area contributed by atoms with Crippen LogP contribution < -0.4 is 9.47 Å². The van der Waals surface area contributed by atoms with E-state index in [4.69, 9.17) is 9.47 Å². The van der Waals surface area contributed by atoms with Gasteiger partial charge in [0.1, 0.15) is 5.82 Å². The maximum Gasteiger partial charge on any atom is 0.161 e. The number of hydrogen-bond acceptors (Lipinski definition) is 5. The molecule has 0 fully saturated rings. The maximum atomic E-state index is 5.61. The van der Waals surface area contributed by atoms with Gasteiger partial charge in [-0.25, -0.2) is 9.97 Å². The molecule has 0 bridgehead atoms. The van der Waals surface area contributed by atoms with E-state index < -0.39 is 0 Å². The third-order valence-electron chi connectivity index (χ3n) is 5.71. The monoisotopic (exact) mass is 403 g/mol. The van der Waals surface area contributed by atoms with Gasteiger partial charge >= 0.3 is 0 Å². The van der Waals surface area contributed by atoms with Crippen molar-refractivity contribution in [2.45, 2.75) is 38.8 Å². The van der Waals surface area contributed by atoms with Gasteiger partial charge in [0.2, 0.25) is 0 Å². The van der Waals surface area contributed by atoms with Gasteiger partial charge in [-0.1, -0.05) is 37.3 Å². The molecule has 1 atom stereocenters. The average molecular weight is 404 g/mol. The van der Waals surface area contributed by atoms with Crippen molar-refractivity contribution in [2.24, 2.45) is 0 Å². The molecule has 4 rings (SSSR count). The number of nitrogens with zero attached hydrogens (tertiary/aromatic N) is 3. The minimum absolute atomic E-state index is 0.144. The highest BCUT2D eigenvalue weighted by Crippen LogP contribution is 2.41. The van der Waals surface area contributed by atoms with Crippen LogP contribution in [0.25, 0.3) is 0 Å². The van der Waals surface area contributed by atoms with Crippen LogP contribution in [-0.4, -0.2) is 35.6 Å². The summed E-state index contributed by atoms with van der Waals surface area (Å²) in [4.78, 5) is 11.6. The Kier molecular flexibility index (Phi) is 6.29. The third-order valence-corrected chi connectivity index (χ3v) is 5.71. The Morgan fingerprint density at radius 2 is 1.70 bits per heavy atom. The number of ether oxygens (including phenoxy) is 2. The fourth-order valence-corrected chi connectivity index (χ4v) is 4.24. The van der Waals surface area contributed by atoms with Gasteiger partial charge < -0.3 is 9.47 Å². The highest BCUT2D eigenvalue weighted by Gasteiger charge is 2.30. The number of benzene rings is 2. The van der Waals surface area contributed by atoms with Crippen LogP contribution in [0.1, 0.15) is 47.5 Å². The summed E-state index contributed by atoms with van der Waals surface area (Å²) in [6.45, 7) is 3.91. The molecule has 2 heterocycles. The molecule has 0 amide bonds. The highest BCUT2D eigenvalue weighted by atomic mass is 16.5. The molecule has 0 radical (unpaired) electrons. The van der Waals surface area contributed by atoms with E-state index in [9.17, 15) is 0 Å². The van der Waals surface area contributed by atoms with Gasteiger partial charge in [-0.2, -0.15) is 0 Å². The zero-order chi connectivity index (χ0) is 20.9. The molecule has 156 valence electrons. The third kappa shape index (κ3) is 4.17. The Balaban J connectivity index is 1.70. The lowest BCUT2D eigenvalue weighted by Crippen LogP contribution is -2.35. The van der Waals surface area contributed by atoms with E-state index in [2.05, 4.69) is 64.3 Å². The van der Waals surface area contributed by atoms with Crippen LogP contribution in [0.3, 0.4) is 0 Å². The van der Waals surface area contributed by atoms with Crippen LogP contribution in [0.4, 0.5) is 0 Å². The molecule has 0 spiro atoms. The van der Waals surface area contributed by atoms with E-state index in [1.165, 1.54) is 16.7 Å². The number of rotatable bonds is 7. The van der Waals surface area contributed by atoms with E-state index >= 15 is 0 Å². The molecule has 30 heavy (non-hydrogen) atoms. The summed E-state index contributed by atoms with van der Waals surface area (Å²) in [6.07, 6.45) is 6.90. The summed E-state index contributed by atoms with van der Waals surface area (Å²) in [5, 5.41) is 0. The lowest BCUT2D eigenvalue weighted by atomic mass is 9.87. The molecule has 1 aliphatic heterocycles. The van der Waals surface area contributed by atoms with Crippen molar-refractivity contribution < 1.29 is 9.47 Å². The number of methoxy groups -OCH3 is 2. The molecule has 5 nitrogen and oxygen atoms in total. The molecule has 0 saturated heterocycles. The zero-order valence-electron chi connectivity index (χ0n) is 18.0. The number of fused-ring (bicyclic) bond motifs is 1. The van der Waals surface area contributed by atoms with Crippen molar-refractivity contribution in [1.82, 2.24) is 14.9 Å². The fraction of sp³-hybridized carbons (Fsp3) is 0.360. The summed E-state index contributed by atoms with van der Waals surface area (Å²) in [7, 11) is 3.38. The maximum absolute atomic E-state index is 5.61. The second-order valence-corrected chi connectivity index (χ2v) is 7.70. The number of aromatic nitrogens is 2. The summed E-state index contributed by atoms with van der Waals surface area (Å²) in [6, 6.07) is 15.1. The lowest BCUT2D eigenvalue weighted by molar-refractivity contribution is 0.203. The quantitative estimate of drug-likeness (QED) is 0.577. The van der Waals surface area contributed by atoms with E-state index in [0.717, 1.165) is 55.2 Å². The standard InChI is InChI=1S/C25H29N3O2/c1-4-8-24-26-15-18(16-27-24)17-28-12-11-20-13-22(29-2)23(30-3)14-21(20)25(28)19-9-6-5-7-10-19/h5-7,9-10,13-16,25H,4,8,11-12,17H2,1-3H3/t25-/m1/s1. The molecule has 0 aliphatic carbocycles. The molecule has 0 N–H and O–H groups in total. The van der Waals surface area contributed by atoms with Crippen molar-refractivity contribution in [3.05, 3.63) is 82.9 Å². The Morgan fingerprint density at radius 1 is 1.00 bits per heavy atom.